The van der Waals surface area contributed by atoms with E-state index in [2.05, 4.69) is 12.2 Å². The first-order chi connectivity index (χ1) is 6.68. The number of rotatable bonds is 2. The Hall–Kier alpha value is -0.830. The van der Waals surface area contributed by atoms with Crippen LogP contribution >= 0.6 is 0 Å². The highest BCUT2D eigenvalue weighted by atomic mass is 16.4. The lowest BCUT2D eigenvalue weighted by Gasteiger charge is -2.17. The van der Waals surface area contributed by atoms with Crippen LogP contribution in [0.1, 0.15) is 38.5 Å². The van der Waals surface area contributed by atoms with Crippen LogP contribution in [0, 0.1) is 5.92 Å². The molecule has 0 spiro atoms. The van der Waals surface area contributed by atoms with E-state index < -0.39 is 5.97 Å². The predicted octanol–water partition coefficient (Wildman–Crippen LogP) is 1.92. The molecule has 80 valence electrons. The molecule has 0 aliphatic heterocycles. The molecule has 3 heteroatoms. The van der Waals surface area contributed by atoms with Gasteiger partial charge in [0, 0.05) is 12.5 Å². The van der Waals surface area contributed by atoms with Crippen LogP contribution in [0.5, 0.6) is 0 Å². The van der Waals surface area contributed by atoms with Crippen molar-refractivity contribution in [2.75, 3.05) is 0 Å². The second-order valence-electron chi connectivity index (χ2n) is 4.09. The van der Waals surface area contributed by atoms with Gasteiger partial charge in [0.2, 0.25) is 0 Å². The Labute approximate surface area is 85.0 Å². The molecule has 0 fully saturated rings. The molecular formula is C11H19NO2. The van der Waals surface area contributed by atoms with Gasteiger partial charge in [-0.25, -0.2) is 0 Å². The number of hydrogen-bond acceptors (Lipinski definition) is 2. The van der Waals surface area contributed by atoms with Crippen LogP contribution in [0.3, 0.4) is 0 Å². The molecule has 2 atom stereocenters. The van der Waals surface area contributed by atoms with Crippen LogP contribution in [0.2, 0.25) is 0 Å². The minimum atomic E-state index is -0.703. The summed E-state index contributed by atoms with van der Waals surface area (Å²) < 4.78 is 0. The molecule has 14 heavy (non-hydrogen) atoms. The Kier molecular flexibility index (Phi) is 4.66. The van der Waals surface area contributed by atoms with Crippen molar-refractivity contribution in [2.45, 2.75) is 44.6 Å². The van der Waals surface area contributed by atoms with Gasteiger partial charge in [0.1, 0.15) is 0 Å². The SMILES string of the molecule is NC1CCC=CCCC(CC(=O)O)C1. The number of nitrogens with two attached hydrogens (primary N) is 1. The summed E-state index contributed by atoms with van der Waals surface area (Å²) in [5.74, 6) is -0.448. The van der Waals surface area contributed by atoms with Gasteiger partial charge in [-0.3, -0.25) is 4.79 Å². The molecule has 0 aromatic heterocycles. The molecule has 1 aliphatic rings. The van der Waals surface area contributed by atoms with E-state index in [4.69, 9.17) is 10.8 Å². The molecule has 0 heterocycles. The third kappa shape index (κ3) is 4.42. The zero-order chi connectivity index (χ0) is 10.4. The summed E-state index contributed by atoms with van der Waals surface area (Å²) in [6, 6.07) is 0.169. The second-order valence-corrected chi connectivity index (χ2v) is 4.09. The molecule has 0 aromatic carbocycles. The van der Waals surface area contributed by atoms with Crippen molar-refractivity contribution in [3.8, 4) is 0 Å². The highest BCUT2D eigenvalue weighted by Gasteiger charge is 2.16. The number of carboxylic acids is 1. The van der Waals surface area contributed by atoms with Gasteiger partial charge >= 0.3 is 5.97 Å². The predicted molar refractivity (Wildman–Crippen MR) is 55.9 cm³/mol. The molecule has 1 aliphatic carbocycles. The third-order valence-corrected chi connectivity index (χ3v) is 2.71. The van der Waals surface area contributed by atoms with Crippen LogP contribution in [-0.2, 0) is 4.79 Å². The molecular weight excluding hydrogens is 178 g/mol. The Morgan fingerprint density at radius 3 is 2.64 bits per heavy atom. The zero-order valence-corrected chi connectivity index (χ0v) is 8.48. The summed E-state index contributed by atoms with van der Waals surface area (Å²) in [6.45, 7) is 0. The molecule has 3 nitrogen and oxygen atoms in total. The van der Waals surface area contributed by atoms with Crippen molar-refractivity contribution in [1.82, 2.24) is 0 Å². The lowest BCUT2D eigenvalue weighted by molar-refractivity contribution is -0.138. The first-order valence-corrected chi connectivity index (χ1v) is 5.31. The van der Waals surface area contributed by atoms with E-state index in [1.54, 1.807) is 0 Å². The number of hydrogen-bond donors (Lipinski definition) is 2. The molecule has 0 bridgehead atoms. The highest BCUT2D eigenvalue weighted by molar-refractivity contribution is 5.67. The van der Waals surface area contributed by atoms with E-state index >= 15 is 0 Å². The van der Waals surface area contributed by atoms with Crippen LogP contribution in [0.4, 0.5) is 0 Å². The summed E-state index contributed by atoms with van der Waals surface area (Å²) >= 11 is 0. The summed E-state index contributed by atoms with van der Waals surface area (Å²) in [5.41, 5.74) is 5.91. The fraction of sp³-hybridized carbons (Fsp3) is 0.727. The third-order valence-electron chi connectivity index (χ3n) is 2.71. The number of carboxylic acid groups (broad SMARTS) is 1. The van der Waals surface area contributed by atoms with Gasteiger partial charge in [-0.15, -0.1) is 0 Å². The Bertz CT molecular complexity index is 213. The maximum absolute atomic E-state index is 10.6. The van der Waals surface area contributed by atoms with E-state index in [0.717, 1.165) is 32.1 Å². The molecule has 0 saturated carbocycles. The number of carbonyl (C=O) groups is 1. The van der Waals surface area contributed by atoms with Crippen molar-refractivity contribution >= 4 is 5.97 Å². The van der Waals surface area contributed by atoms with Gasteiger partial charge < -0.3 is 10.8 Å². The Balaban J connectivity index is 2.46. The molecule has 0 amide bonds. The molecule has 3 N–H and O–H groups in total. The van der Waals surface area contributed by atoms with E-state index in [9.17, 15) is 4.79 Å². The maximum Gasteiger partial charge on any atom is 0.303 e. The van der Waals surface area contributed by atoms with Crippen LogP contribution in [0.25, 0.3) is 0 Å². The lowest BCUT2D eigenvalue weighted by Crippen LogP contribution is -2.24. The van der Waals surface area contributed by atoms with Gasteiger partial charge in [-0.1, -0.05) is 12.2 Å². The quantitative estimate of drug-likeness (QED) is 0.665. The van der Waals surface area contributed by atoms with E-state index in [1.807, 2.05) is 0 Å². The van der Waals surface area contributed by atoms with Crippen LogP contribution < -0.4 is 5.73 Å². The monoisotopic (exact) mass is 197 g/mol. The smallest absolute Gasteiger partial charge is 0.303 e. The van der Waals surface area contributed by atoms with Crippen LogP contribution in [0.15, 0.2) is 12.2 Å². The minimum absolute atomic E-state index is 0.169. The fourth-order valence-electron chi connectivity index (χ4n) is 1.97. The van der Waals surface area contributed by atoms with Gasteiger partial charge in [0.05, 0.1) is 0 Å². The minimum Gasteiger partial charge on any atom is -0.481 e. The van der Waals surface area contributed by atoms with E-state index in [1.165, 1.54) is 0 Å². The highest BCUT2D eigenvalue weighted by Crippen LogP contribution is 2.21. The molecule has 0 saturated heterocycles. The molecule has 2 unspecified atom stereocenters. The summed E-state index contributed by atoms with van der Waals surface area (Å²) in [7, 11) is 0. The number of allylic oxidation sites excluding steroid dienone is 2. The average molecular weight is 197 g/mol. The normalized spacial score (nSPS) is 28.9. The summed E-state index contributed by atoms with van der Waals surface area (Å²) in [4.78, 5) is 10.6. The molecule has 0 radical (unpaired) electrons. The van der Waals surface area contributed by atoms with E-state index in [-0.39, 0.29) is 18.4 Å². The Morgan fingerprint density at radius 2 is 2.00 bits per heavy atom. The summed E-state index contributed by atoms with van der Waals surface area (Å²) in [6.07, 6.45) is 9.38. The molecule has 1 rings (SSSR count). The van der Waals surface area contributed by atoms with Gasteiger partial charge in [-0.2, -0.15) is 0 Å². The standard InChI is InChI=1S/C11H19NO2/c12-10-6-4-2-1-3-5-9(7-10)8-11(13)14/h1-2,9-10H,3-8,12H2,(H,13,14). The van der Waals surface area contributed by atoms with Gasteiger partial charge in [-0.05, 0) is 38.0 Å². The number of aliphatic carboxylic acids is 1. The summed E-state index contributed by atoms with van der Waals surface area (Å²) in [5, 5.41) is 8.73. The molecule has 0 aromatic rings. The largest absolute Gasteiger partial charge is 0.481 e. The fourth-order valence-corrected chi connectivity index (χ4v) is 1.97. The van der Waals surface area contributed by atoms with Crippen molar-refractivity contribution < 1.29 is 9.90 Å². The van der Waals surface area contributed by atoms with Crippen LogP contribution in [-0.4, -0.2) is 17.1 Å². The van der Waals surface area contributed by atoms with Crippen molar-refractivity contribution in [3.05, 3.63) is 12.2 Å². The first-order valence-electron chi connectivity index (χ1n) is 5.31. The lowest BCUT2D eigenvalue weighted by atomic mass is 9.92. The van der Waals surface area contributed by atoms with Crippen molar-refractivity contribution in [1.29, 1.82) is 0 Å². The average Bonchev–Trinajstić information content (AvgIpc) is 2.16. The zero-order valence-electron chi connectivity index (χ0n) is 8.48. The maximum atomic E-state index is 10.6. The second kappa shape index (κ2) is 5.81. The Morgan fingerprint density at radius 1 is 1.36 bits per heavy atom. The van der Waals surface area contributed by atoms with E-state index in [0.29, 0.717) is 0 Å². The first kappa shape index (κ1) is 11.2. The van der Waals surface area contributed by atoms with Gasteiger partial charge in [0.15, 0.2) is 0 Å². The van der Waals surface area contributed by atoms with Crippen molar-refractivity contribution in [2.24, 2.45) is 11.7 Å². The van der Waals surface area contributed by atoms with Crippen molar-refractivity contribution in [3.63, 3.8) is 0 Å². The van der Waals surface area contributed by atoms with Gasteiger partial charge in [0.25, 0.3) is 0 Å². The topological polar surface area (TPSA) is 63.3 Å².